The summed E-state index contributed by atoms with van der Waals surface area (Å²) in [6, 6.07) is 23.9. The molecule has 1 aromatic heterocycles. The summed E-state index contributed by atoms with van der Waals surface area (Å²) in [5, 5.41) is 10.4. The first-order valence-electron chi connectivity index (χ1n) is 9.21. The number of aromatic amines is 1. The number of carboxylic acid groups (broad SMARTS) is 1. The highest BCUT2D eigenvalue weighted by molar-refractivity contribution is 5.88. The first kappa shape index (κ1) is 17.9. The number of anilines is 1. The van der Waals surface area contributed by atoms with Crippen LogP contribution < -0.4 is 4.90 Å². The maximum absolute atomic E-state index is 11.2. The second-order valence-corrected chi connectivity index (χ2v) is 7.14. The van der Waals surface area contributed by atoms with Crippen LogP contribution in [0, 0.1) is 0 Å². The third-order valence-corrected chi connectivity index (χ3v) is 5.17. The molecular weight excluding hydrogens is 348 g/mol. The van der Waals surface area contributed by atoms with Crippen molar-refractivity contribution in [3.63, 3.8) is 0 Å². The highest BCUT2D eigenvalue weighted by atomic mass is 16.4. The summed E-state index contributed by atoms with van der Waals surface area (Å²) in [4.78, 5) is 16.7. The van der Waals surface area contributed by atoms with Crippen LogP contribution in [-0.4, -0.2) is 30.2 Å². The van der Waals surface area contributed by atoms with Crippen molar-refractivity contribution >= 4 is 22.6 Å². The van der Waals surface area contributed by atoms with Gasteiger partial charge in [0.15, 0.2) is 0 Å². The van der Waals surface area contributed by atoms with Gasteiger partial charge in [0.1, 0.15) is 0 Å². The van der Waals surface area contributed by atoms with Crippen LogP contribution >= 0.6 is 0 Å². The van der Waals surface area contributed by atoms with E-state index >= 15 is 0 Å². The minimum atomic E-state index is -0.912. The topological polar surface area (TPSA) is 56.3 Å². The highest BCUT2D eigenvalue weighted by Gasteiger charge is 2.20. The van der Waals surface area contributed by atoms with E-state index in [9.17, 15) is 9.90 Å². The Bertz CT molecular complexity index is 1110. The summed E-state index contributed by atoms with van der Waals surface area (Å²) in [5.41, 5.74) is 5.93. The molecule has 0 amide bonds. The molecule has 1 unspecified atom stereocenters. The number of fused-ring (bicyclic) bond motifs is 1. The smallest absolute Gasteiger partial charge is 0.335 e. The van der Waals surface area contributed by atoms with Crippen molar-refractivity contribution in [2.45, 2.75) is 5.92 Å². The number of nitrogens with zero attached hydrogens (tertiary/aromatic N) is 1. The van der Waals surface area contributed by atoms with Crippen LogP contribution in [-0.2, 0) is 0 Å². The summed E-state index contributed by atoms with van der Waals surface area (Å²) in [6.45, 7) is 0. The molecule has 0 aliphatic rings. The lowest BCUT2D eigenvalue weighted by Crippen LogP contribution is -2.09. The number of rotatable bonds is 5. The lowest BCUT2D eigenvalue weighted by Gasteiger charge is -2.20. The van der Waals surface area contributed by atoms with Crippen LogP contribution in [0.4, 0.5) is 5.69 Å². The van der Waals surface area contributed by atoms with Gasteiger partial charge >= 0.3 is 5.97 Å². The van der Waals surface area contributed by atoms with Crippen molar-refractivity contribution < 1.29 is 9.90 Å². The molecule has 0 bridgehead atoms. The number of carboxylic acids is 1. The average molecular weight is 370 g/mol. The molecule has 4 nitrogen and oxygen atoms in total. The quantitative estimate of drug-likeness (QED) is 0.513. The van der Waals surface area contributed by atoms with Crippen LogP contribution in [0.3, 0.4) is 0 Å². The second kappa shape index (κ2) is 7.24. The molecule has 0 aliphatic heterocycles. The van der Waals surface area contributed by atoms with Crippen molar-refractivity contribution in [2.75, 3.05) is 19.0 Å². The Morgan fingerprint density at radius 2 is 1.50 bits per heavy atom. The fourth-order valence-corrected chi connectivity index (χ4v) is 3.67. The van der Waals surface area contributed by atoms with Gasteiger partial charge in [0.25, 0.3) is 0 Å². The largest absolute Gasteiger partial charge is 0.478 e. The first-order chi connectivity index (χ1) is 13.5. The Hall–Kier alpha value is -3.53. The number of nitrogens with one attached hydrogen (secondary N) is 1. The molecule has 3 aromatic carbocycles. The summed E-state index contributed by atoms with van der Waals surface area (Å²) in [7, 11) is 4.05. The van der Waals surface area contributed by atoms with Crippen molar-refractivity contribution in [1.29, 1.82) is 0 Å². The van der Waals surface area contributed by atoms with Crippen LogP contribution in [0.1, 0.15) is 33.0 Å². The van der Waals surface area contributed by atoms with Gasteiger partial charge in [-0.15, -0.1) is 0 Å². The molecule has 0 spiro atoms. The van der Waals surface area contributed by atoms with Gasteiger partial charge in [-0.05, 0) is 47.0 Å². The lowest BCUT2D eigenvalue weighted by molar-refractivity contribution is 0.0697. The van der Waals surface area contributed by atoms with E-state index < -0.39 is 5.97 Å². The fraction of sp³-hybridized carbons (Fsp3) is 0.125. The Labute approximate surface area is 164 Å². The Morgan fingerprint density at radius 3 is 2.11 bits per heavy atom. The molecule has 1 atom stereocenters. The summed E-state index contributed by atoms with van der Waals surface area (Å²) < 4.78 is 0. The minimum Gasteiger partial charge on any atom is -0.478 e. The third kappa shape index (κ3) is 3.25. The summed E-state index contributed by atoms with van der Waals surface area (Å²) in [6.07, 6.45) is 2.06. The maximum atomic E-state index is 11.2. The van der Waals surface area contributed by atoms with E-state index in [1.54, 1.807) is 12.1 Å². The lowest BCUT2D eigenvalue weighted by atomic mass is 9.84. The van der Waals surface area contributed by atoms with Crippen LogP contribution in [0.2, 0.25) is 0 Å². The van der Waals surface area contributed by atoms with Gasteiger partial charge in [-0.3, -0.25) is 0 Å². The van der Waals surface area contributed by atoms with E-state index in [0.29, 0.717) is 5.56 Å². The van der Waals surface area contributed by atoms with E-state index in [0.717, 1.165) is 16.8 Å². The standard InChI is InChI=1S/C24H22N2O2/c1-26(2)19-13-11-17(12-14-19)23(16-7-9-18(10-8-16)24(27)28)21-15-25-22-6-4-3-5-20(21)22/h3-15,23,25H,1-2H3,(H,27,28). The number of para-hydroxylation sites is 1. The fourth-order valence-electron chi connectivity index (χ4n) is 3.67. The normalized spacial score (nSPS) is 12.1. The number of aromatic carboxylic acids is 1. The molecule has 28 heavy (non-hydrogen) atoms. The van der Waals surface area contributed by atoms with E-state index in [2.05, 4.69) is 52.5 Å². The zero-order valence-corrected chi connectivity index (χ0v) is 15.9. The number of aromatic nitrogens is 1. The maximum Gasteiger partial charge on any atom is 0.335 e. The molecule has 0 saturated carbocycles. The van der Waals surface area contributed by atoms with E-state index in [4.69, 9.17) is 0 Å². The van der Waals surface area contributed by atoms with Gasteiger partial charge in [0, 0.05) is 42.8 Å². The average Bonchev–Trinajstić information content (AvgIpc) is 3.13. The number of H-pyrrole nitrogens is 1. The molecule has 4 heteroatoms. The molecular formula is C24H22N2O2. The molecule has 140 valence electrons. The summed E-state index contributed by atoms with van der Waals surface area (Å²) >= 11 is 0. The highest BCUT2D eigenvalue weighted by Crippen LogP contribution is 2.36. The third-order valence-electron chi connectivity index (χ3n) is 5.17. The molecule has 0 fully saturated rings. The van der Waals surface area contributed by atoms with Crippen molar-refractivity contribution in [1.82, 2.24) is 4.98 Å². The zero-order chi connectivity index (χ0) is 19.7. The Kier molecular flexibility index (Phi) is 4.62. The van der Waals surface area contributed by atoms with Gasteiger partial charge in [-0.1, -0.05) is 42.5 Å². The van der Waals surface area contributed by atoms with Crippen LogP contribution in [0.15, 0.2) is 79.0 Å². The molecule has 2 N–H and O–H groups in total. The van der Waals surface area contributed by atoms with Crippen LogP contribution in [0.25, 0.3) is 10.9 Å². The SMILES string of the molecule is CN(C)c1ccc(C(c2ccc(C(=O)O)cc2)c2c[nH]c3ccccc23)cc1. The second-order valence-electron chi connectivity index (χ2n) is 7.14. The Morgan fingerprint density at radius 1 is 0.893 bits per heavy atom. The van der Waals surface area contributed by atoms with Crippen molar-refractivity contribution in [2.24, 2.45) is 0 Å². The number of hydrogen-bond acceptors (Lipinski definition) is 2. The van der Waals surface area contributed by atoms with Crippen molar-refractivity contribution in [3.8, 4) is 0 Å². The van der Waals surface area contributed by atoms with E-state index in [-0.39, 0.29) is 5.92 Å². The van der Waals surface area contributed by atoms with E-state index in [1.807, 2.05) is 38.4 Å². The number of hydrogen-bond donors (Lipinski definition) is 2. The van der Waals surface area contributed by atoms with Gasteiger partial charge in [-0.25, -0.2) is 4.79 Å². The van der Waals surface area contributed by atoms with Crippen molar-refractivity contribution in [3.05, 3.63) is 101 Å². The molecule has 4 rings (SSSR count). The molecule has 1 heterocycles. The van der Waals surface area contributed by atoms with Gasteiger partial charge in [0.05, 0.1) is 5.56 Å². The predicted molar refractivity (Wildman–Crippen MR) is 113 cm³/mol. The van der Waals surface area contributed by atoms with Crippen LogP contribution in [0.5, 0.6) is 0 Å². The molecule has 0 radical (unpaired) electrons. The minimum absolute atomic E-state index is 0.00945. The zero-order valence-electron chi connectivity index (χ0n) is 15.9. The van der Waals surface area contributed by atoms with Gasteiger partial charge < -0.3 is 15.0 Å². The van der Waals surface area contributed by atoms with E-state index in [1.165, 1.54) is 16.5 Å². The number of benzene rings is 3. The Balaban J connectivity index is 1.86. The van der Waals surface area contributed by atoms with Gasteiger partial charge in [-0.2, -0.15) is 0 Å². The molecule has 0 saturated heterocycles. The molecule has 0 aliphatic carbocycles. The molecule has 4 aromatic rings. The first-order valence-corrected chi connectivity index (χ1v) is 9.21. The summed E-state index contributed by atoms with van der Waals surface area (Å²) in [5.74, 6) is -0.902. The number of carbonyl (C=O) groups is 1. The van der Waals surface area contributed by atoms with Gasteiger partial charge in [0.2, 0.25) is 0 Å². The monoisotopic (exact) mass is 370 g/mol. The predicted octanol–water partition coefficient (Wildman–Crippen LogP) is 5.11.